The summed E-state index contributed by atoms with van der Waals surface area (Å²) in [5.74, 6) is 0.803. The van der Waals surface area contributed by atoms with E-state index in [2.05, 4.69) is 20.1 Å². The molecule has 1 aliphatic heterocycles. The third-order valence-corrected chi connectivity index (χ3v) is 4.71. The number of hydrogen-bond acceptors (Lipinski definition) is 5. The summed E-state index contributed by atoms with van der Waals surface area (Å²) < 4.78 is 6.41. The van der Waals surface area contributed by atoms with Crippen LogP contribution >= 0.6 is 0 Å². The highest BCUT2D eigenvalue weighted by molar-refractivity contribution is 6.03. The molecule has 0 radical (unpaired) electrons. The molecule has 0 bridgehead atoms. The molecular formula is C16H19N5O3. The molecule has 4 rings (SSSR count). The predicted octanol–water partition coefficient (Wildman–Crippen LogP) is 1.03. The normalized spacial score (nSPS) is 23.8. The topological polar surface area (TPSA) is 93.3 Å². The van der Waals surface area contributed by atoms with Crippen molar-refractivity contribution in [2.24, 2.45) is 13.0 Å². The fraction of sp³-hybridized carbons (Fsp3) is 0.500. The number of carbonyl (C=O) groups excluding carboxylic acids is 2. The van der Waals surface area contributed by atoms with Crippen LogP contribution in [0.1, 0.15) is 35.4 Å². The summed E-state index contributed by atoms with van der Waals surface area (Å²) in [5.41, 5.74) is 1.05. The van der Waals surface area contributed by atoms with Gasteiger partial charge in [0.1, 0.15) is 18.1 Å². The van der Waals surface area contributed by atoms with Crippen molar-refractivity contribution >= 4 is 17.6 Å². The van der Waals surface area contributed by atoms with Gasteiger partial charge in [-0.25, -0.2) is 0 Å². The van der Waals surface area contributed by atoms with E-state index in [1.54, 1.807) is 4.68 Å². The van der Waals surface area contributed by atoms with Gasteiger partial charge in [-0.3, -0.25) is 19.2 Å². The van der Waals surface area contributed by atoms with Crippen LogP contribution in [-0.2, 0) is 11.8 Å². The van der Waals surface area contributed by atoms with Gasteiger partial charge in [0.05, 0.1) is 5.69 Å². The second-order valence-electron chi connectivity index (χ2n) is 6.53. The van der Waals surface area contributed by atoms with Crippen LogP contribution in [0.3, 0.4) is 0 Å². The van der Waals surface area contributed by atoms with E-state index in [1.807, 2.05) is 24.9 Å². The molecule has 2 unspecified atom stereocenters. The van der Waals surface area contributed by atoms with E-state index in [9.17, 15) is 9.59 Å². The molecule has 1 N–H and O–H groups in total. The zero-order valence-electron chi connectivity index (χ0n) is 13.6. The number of carbonyl (C=O) groups is 2. The molecular weight excluding hydrogens is 310 g/mol. The van der Waals surface area contributed by atoms with Gasteiger partial charge in [0, 0.05) is 25.2 Å². The highest BCUT2D eigenvalue weighted by Crippen LogP contribution is 2.42. The zero-order chi connectivity index (χ0) is 16.8. The monoisotopic (exact) mass is 329 g/mol. The molecule has 2 atom stereocenters. The molecule has 0 spiro atoms. The minimum absolute atomic E-state index is 0.0910. The van der Waals surface area contributed by atoms with Gasteiger partial charge >= 0.3 is 0 Å². The third-order valence-electron chi connectivity index (χ3n) is 4.71. The highest BCUT2D eigenvalue weighted by atomic mass is 16.5. The Morgan fingerprint density at radius 2 is 2.21 bits per heavy atom. The van der Waals surface area contributed by atoms with Crippen molar-refractivity contribution in [2.75, 3.05) is 4.90 Å². The molecule has 1 saturated heterocycles. The maximum atomic E-state index is 12.9. The van der Waals surface area contributed by atoms with Gasteiger partial charge in [-0.05, 0) is 32.1 Å². The number of amides is 2. The van der Waals surface area contributed by atoms with Gasteiger partial charge in [0.2, 0.25) is 0 Å². The Balaban J connectivity index is 1.59. The number of hydrogen-bond donors (Lipinski definition) is 1. The van der Waals surface area contributed by atoms with Gasteiger partial charge in [-0.2, -0.15) is 5.10 Å². The van der Waals surface area contributed by atoms with Gasteiger partial charge in [0.15, 0.2) is 5.69 Å². The summed E-state index contributed by atoms with van der Waals surface area (Å²) in [6.07, 6.45) is 4.19. The van der Waals surface area contributed by atoms with Gasteiger partial charge in [-0.1, -0.05) is 5.16 Å². The molecule has 1 aliphatic carbocycles. The second-order valence-corrected chi connectivity index (χ2v) is 6.53. The fourth-order valence-electron chi connectivity index (χ4n) is 3.45. The molecule has 2 fully saturated rings. The Hall–Kier alpha value is -2.64. The van der Waals surface area contributed by atoms with Gasteiger partial charge in [-0.15, -0.1) is 0 Å². The molecule has 126 valence electrons. The number of aryl methyl sites for hydroxylation is 2. The molecule has 24 heavy (non-hydrogen) atoms. The lowest BCUT2D eigenvalue weighted by Gasteiger charge is -2.24. The first kappa shape index (κ1) is 14.9. The van der Waals surface area contributed by atoms with Crippen LogP contribution in [0, 0.1) is 12.8 Å². The SMILES string of the molecule is Cc1cc(N2C(=O)C(NC(=O)c3ccon3)CC2C2CC2)n(C)n1. The summed E-state index contributed by atoms with van der Waals surface area (Å²) in [6.45, 7) is 1.90. The average Bonchev–Trinajstić information content (AvgIpc) is 2.98. The molecule has 2 amide bonds. The van der Waals surface area contributed by atoms with Crippen molar-refractivity contribution in [3.05, 3.63) is 29.8 Å². The number of rotatable bonds is 4. The van der Waals surface area contributed by atoms with Crippen molar-refractivity contribution < 1.29 is 14.1 Å². The summed E-state index contributed by atoms with van der Waals surface area (Å²) >= 11 is 0. The Morgan fingerprint density at radius 3 is 2.79 bits per heavy atom. The van der Waals surface area contributed by atoms with Gasteiger partial charge < -0.3 is 9.84 Å². The number of nitrogens with zero attached hydrogens (tertiary/aromatic N) is 4. The Labute approximate surface area is 138 Å². The Morgan fingerprint density at radius 1 is 1.42 bits per heavy atom. The third kappa shape index (κ3) is 2.47. The zero-order valence-corrected chi connectivity index (χ0v) is 13.6. The predicted molar refractivity (Wildman–Crippen MR) is 84.3 cm³/mol. The van der Waals surface area contributed by atoms with Crippen molar-refractivity contribution in [3.63, 3.8) is 0 Å². The van der Waals surface area contributed by atoms with Crippen LogP contribution in [0.15, 0.2) is 22.9 Å². The van der Waals surface area contributed by atoms with E-state index >= 15 is 0 Å². The van der Waals surface area contributed by atoms with E-state index in [0.29, 0.717) is 12.3 Å². The molecule has 3 heterocycles. The molecule has 2 aromatic rings. The first-order valence-corrected chi connectivity index (χ1v) is 8.09. The largest absolute Gasteiger partial charge is 0.364 e. The Bertz CT molecular complexity index is 778. The van der Waals surface area contributed by atoms with Crippen molar-refractivity contribution in [3.8, 4) is 0 Å². The summed E-state index contributed by atoms with van der Waals surface area (Å²) in [7, 11) is 1.83. The second kappa shape index (κ2) is 5.47. The first-order valence-electron chi connectivity index (χ1n) is 8.09. The molecule has 1 saturated carbocycles. The first-order chi connectivity index (χ1) is 11.5. The highest BCUT2D eigenvalue weighted by Gasteiger charge is 2.48. The van der Waals surface area contributed by atoms with Crippen molar-refractivity contribution in [1.82, 2.24) is 20.3 Å². The van der Waals surface area contributed by atoms with Crippen LogP contribution in [0.25, 0.3) is 0 Å². The standard InChI is InChI=1S/C16H19N5O3/c1-9-7-14(20(2)18-9)21-13(10-3-4-10)8-12(16(21)23)17-15(22)11-5-6-24-19-11/h5-7,10,12-13H,3-4,8H2,1-2H3,(H,17,22). The fourth-order valence-corrected chi connectivity index (χ4v) is 3.45. The van der Waals surface area contributed by atoms with E-state index in [4.69, 9.17) is 0 Å². The van der Waals surface area contributed by atoms with Gasteiger partial charge in [0.25, 0.3) is 11.8 Å². The number of anilines is 1. The molecule has 8 nitrogen and oxygen atoms in total. The van der Waals surface area contributed by atoms with Crippen molar-refractivity contribution in [1.29, 1.82) is 0 Å². The van der Waals surface area contributed by atoms with Crippen LogP contribution in [0.4, 0.5) is 5.82 Å². The minimum Gasteiger partial charge on any atom is -0.364 e. The smallest absolute Gasteiger partial charge is 0.274 e. The minimum atomic E-state index is -0.546. The molecule has 8 heteroatoms. The van der Waals surface area contributed by atoms with E-state index < -0.39 is 6.04 Å². The lowest BCUT2D eigenvalue weighted by molar-refractivity contribution is -0.118. The van der Waals surface area contributed by atoms with Crippen molar-refractivity contribution in [2.45, 2.75) is 38.3 Å². The number of aromatic nitrogens is 3. The van der Waals surface area contributed by atoms with Crippen LogP contribution in [0.5, 0.6) is 0 Å². The lowest BCUT2D eigenvalue weighted by atomic mass is 10.1. The molecule has 2 aromatic heterocycles. The van der Waals surface area contributed by atoms with Crippen LogP contribution in [0.2, 0.25) is 0 Å². The van der Waals surface area contributed by atoms with Crippen LogP contribution in [-0.4, -0.2) is 38.8 Å². The maximum absolute atomic E-state index is 12.9. The average molecular weight is 329 g/mol. The van der Waals surface area contributed by atoms with E-state index in [-0.39, 0.29) is 23.6 Å². The maximum Gasteiger partial charge on any atom is 0.274 e. The molecule has 0 aromatic carbocycles. The quantitative estimate of drug-likeness (QED) is 0.904. The Kier molecular flexibility index (Phi) is 3.40. The van der Waals surface area contributed by atoms with E-state index in [0.717, 1.165) is 24.4 Å². The summed E-state index contributed by atoms with van der Waals surface area (Å²) in [6, 6.07) is 2.95. The van der Waals surface area contributed by atoms with E-state index in [1.165, 1.54) is 12.3 Å². The summed E-state index contributed by atoms with van der Waals surface area (Å²) in [5, 5.41) is 10.7. The summed E-state index contributed by atoms with van der Waals surface area (Å²) in [4.78, 5) is 26.9. The molecule has 2 aliphatic rings. The lowest BCUT2D eigenvalue weighted by Crippen LogP contribution is -2.43. The number of nitrogens with one attached hydrogen (secondary N) is 1. The van der Waals surface area contributed by atoms with Crippen LogP contribution < -0.4 is 10.2 Å².